The fourth-order valence-electron chi connectivity index (χ4n) is 2.53. The van der Waals surface area contributed by atoms with E-state index in [-0.39, 0.29) is 5.91 Å². The van der Waals surface area contributed by atoms with Crippen LogP contribution in [0.2, 0.25) is 0 Å². The zero-order valence-electron chi connectivity index (χ0n) is 14.8. The summed E-state index contributed by atoms with van der Waals surface area (Å²) < 4.78 is 0. The maximum absolute atomic E-state index is 12.2. The highest BCUT2D eigenvalue weighted by Gasteiger charge is 2.06. The molecule has 0 fully saturated rings. The second-order valence-corrected chi connectivity index (χ2v) is 5.99. The predicted octanol–water partition coefficient (Wildman–Crippen LogP) is 4.42. The highest BCUT2D eigenvalue weighted by molar-refractivity contribution is 5.95. The second kappa shape index (κ2) is 8.76. The van der Waals surface area contributed by atoms with Crippen LogP contribution in [0.25, 0.3) is 11.3 Å². The molecule has 0 saturated carbocycles. The minimum atomic E-state index is -0.0624. The van der Waals surface area contributed by atoms with Crippen LogP contribution in [0.4, 0.5) is 11.5 Å². The van der Waals surface area contributed by atoms with Crippen LogP contribution >= 0.6 is 0 Å². The van der Waals surface area contributed by atoms with Gasteiger partial charge in [-0.1, -0.05) is 49.7 Å². The molecule has 5 nitrogen and oxygen atoms in total. The third kappa shape index (κ3) is 4.66. The summed E-state index contributed by atoms with van der Waals surface area (Å²) in [5, 5.41) is 14.6. The lowest BCUT2D eigenvalue weighted by Crippen LogP contribution is -2.24. The summed E-state index contributed by atoms with van der Waals surface area (Å²) in [6.07, 6.45) is 2.03. The summed E-state index contributed by atoms with van der Waals surface area (Å²) in [5.41, 5.74) is 3.27. The van der Waals surface area contributed by atoms with Crippen LogP contribution in [-0.4, -0.2) is 22.6 Å². The molecule has 0 aliphatic rings. The summed E-state index contributed by atoms with van der Waals surface area (Å²) in [6.45, 7) is 2.79. The number of nitrogens with one attached hydrogen (secondary N) is 2. The van der Waals surface area contributed by atoms with Gasteiger partial charge in [0.05, 0.1) is 5.69 Å². The van der Waals surface area contributed by atoms with Gasteiger partial charge in [-0.25, -0.2) is 0 Å². The van der Waals surface area contributed by atoms with Crippen LogP contribution in [0.3, 0.4) is 0 Å². The lowest BCUT2D eigenvalue weighted by Gasteiger charge is -2.08. The third-order valence-electron chi connectivity index (χ3n) is 3.95. The Morgan fingerprint density at radius 1 is 0.962 bits per heavy atom. The molecule has 0 aliphatic heterocycles. The van der Waals surface area contributed by atoms with Crippen molar-refractivity contribution in [2.24, 2.45) is 0 Å². The van der Waals surface area contributed by atoms with Gasteiger partial charge in [0, 0.05) is 23.4 Å². The van der Waals surface area contributed by atoms with Crippen molar-refractivity contribution in [3.8, 4) is 11.3 Å². The van der Waals surface area contributed by atoms with Crippen LogP contribution in [0, 0.1) is 0 Å². The zero-order chi connectivity index (χ0) is 18.2. The molecule has 2 aromatic carbocycles. The van der Waals surface area contributed by atoms with Gasteiger partial charge in [-0.3, -0.25) is 4.79 Å². The maximum atomic E-state index is 12.2. The molecule has 0 spiro atoms. The molecule has 0 bridgehead atoms. The van der Waals surface area contributed by atoms with Crippen molar-refractivity contribution in [1.82, 2.24) is 15.5 Å². The van der Waals surface area contributed by atoms with Crippen LogP contribution in [-0.2, 0) is 0 Å². The zero-order valence-corrected chi connectivity index (χ0v) is 14.8. The number of carbonyl (C=O) groups is 1. The molecule has 0 unspecified atom stereocenters. The monoisotopic (exact) mass is 346 g/mol. The summed E-state index contributed by atoms with van der Waals surface area (Å²) in [7, 11) is 0. The van der Waals surface area contributed by atoms with Gasteiger partial charge in [0.15, 0.2) is 5.82 Å². The van der Waals surface area contributed by atoms with Crippen molar-refractivity contribution >= 4 is 17.4 Å². The number of amides is 1. The van der Waals surface area contributed by atoms with E-state index in [2.05, 4.69) is 27.8 Å². The van der Waals surface area contributed by atoms with E-state index < -0.39 is 0 Å². The first-order valence-electron chi connectivity index (χ1n) is 8.80. The van der Waals surface area contributed by atoms with Gasteiger partial charge in [-0.2, -0.15) is 0 Å². The standard InChI is InChI=1S/C21H22N4O/c1-2-3-14-22-21(26)17-10-7-11-18(15-17)23-20-13-12-19(24-25-20)16-8-5-4-6-9-16/h4-13,15H,2-3,14H2,1H3,(H,22,26)(H,23,25). The number of hydrogen-bond acceptors (Lipinski definition) is 4. The van der Waals surface area contributed by atoms with Crippen LogP contribution < -0.4 is 10.6 Å². The van der Waals surface area contributed by atoms with Crippen LogP contribution in [0.5, 0.6) is 0 Å². The van der Waals surface area contributed by atoms with E-state index in [1.54, 1.807) is 6.07 Å². The molecule has 1 heterocycles. The molecule has 3 aromatic rings. The van der Waals surface area contributed by atoms with E-state index in [0.717, 1.165) is 29.8 Å². The van der Waals surface area contributed by atoms with E-state index in [1.807, 2.05) is 60.7 Å². The summed E-state index contributed by atoms with van der Waals surface area (Å²) in [5.74, 6) is 0.570. The smallest absolute Gasteiger partial charge is 0.251 e. The van der Waals surface area contributed by atoms with Gasteiger partial charge < -0.3 is 10.6 Å². The first kappa shape index (κ1) is 17.6. The second-order valence-electron chi connectivity index (χ2n) is 5.99. The van der Waals surface area contributed by atoms with E-state index >= 15 is 0 Å². The molecule has 26 heavy (non-hydrogen) atoms. The summed E-state index contributed by atoms with van der Waals surface area (Å²) >= 11 is 0. The Morgan fingerprint density at radius 3 is 2.54 bits per heavy atom. The van der Waals surface area contributed by atoms with Gasteiger partial charge in [0.1, 0.15) is 0 Å². The summed E-state index contributed by atoms with van der Waals surface area (Å²) in [6, 6.07) is 21.1. The van der Waals surface area contributed by atoms with Gasteiger partial charge in [0.25, 0.3) is 5.91 Å². The first-order chi connectivity index (χ1) is 12.8. The number of aromatic nitrogens is 2. The Hall–Kier alpha value is -3.21. The fraction of sp³-hybridized carbons (Fsp3) is 0.190. The Morgan fingerprint density at radius 2 is 1.81 bits per heavy atom. The van der Waals surface area contributed by atoms with Crippen molar-refractivity contribution in [2.75, 3.05) is 11.9 Å². The largest absolute Gasteiger partial charge is 0.352 e. The van der Waals surface area contributed by atoms with Gasteiger partial charge in [-0.15, -0.1) is 10.2 Å². The number of hydrogen-bond donors (Lipinski definition) is 2. The Kier molecular flexibility index (Phi) is 5.93. The molecule has 1 aromatic heterocycles. The number of carbonyl (C=O) groups excluding carboxylic acids is 1. The van der Waals surface area contributed by atoms with Crippen molar-refractivity contribution in [3.05, 3.63) is 72.3 Å². The van der Waals surface area contributed by atoms with E-state index in [9.17, 15) is 4.79 Å². The summed E-state index contributed by atoms with van der Waals surface area (Å²) in [4.78, 5) is 12.2. The average Bonchev–Trinajstić information content (AvgIpc) is 2.69. The number of anilines is 2. The highest BCUT2D eigenvalue weighted by atomic mass is 16.1. The minimum absolute atomic E-state index is 0.0624. The topological polar surface area (TPSA) is 66.9 Å². The highest BCUT2D eigenvalue weighted by Crippen LogP contribution is 2.19. The number of benzene rings is 2. The Bertz CT molecular complexity index is 847. The number of unbranched alkanes of at least 4 members (excludes halogenated alkanes) is 1. The molecular weight excluding hydrogens is 324 g/mol. The van der Waals surface area contributed by atoms with Gasteiger partial charge in [0.2, 0.25) is 0 Å². The molecule has 0 aliphatic carbocycles. The molecule has 1 amide bonds. The van der Waals surface area contributed by atoms with Crippen LogP contribution in [0.1, 0.15) is 30.1 Å². The Labute approximate surface area is 153 Å². The lowest BCUT2D eigenvalue weighted by atomic mass is 10.1. The van der Waals surface area contributed by atoms with E-state index in [1.165, 1.54) is 0 Å². The predicted molar refractivity (Wildman–Crippen MR) is 104 cm³/mol. The van der Waals surface area contributed by atoms with Gasteiger partial charge in [-0.05, 0) is 36.8 Å². The normalized spacial score (nSPS) is 10.3. The van der Waals surface area contributed by atoms with Crippen molar-refractivity contribution < 1.29 is 4.79 Å². The number of nitrogens with zero attached hydrogens (tertiary/aromatic N) is 2. The fourth-order valence-corrected chi connectivity index (χ4v) is 2.53. The molecule has 0 saturated heterocycles. The van der Waals surface area contributed by atoms with Crippen molar-refractivity contribution in [2.45, 2.75) is 19.8 Å². The molecule has 0 radical (unpaired) electrons. The van der Waals surface area contributed by atoms with Crippen molar-refractivity contribution in [3.63, 3.8) is 0 Å². The quantitative estimate of drug-likeness (QED) is 0.622. The minimum Gasteiger partial charge on any atom is -0.352 e. The van der Waals surface area contributed by atoms with Crippen LogP contribution in [0.15, 0.2) is 66.7 Å². The SMILES string of the molecule is CCCCNC(=O)c1cccc(Nc2ccc(-c3ccccc3)nn2)c1. The molecular formula is C21H22N4O. The molecule has 132 valence electrons. The molecule has 3 rings (SSSR count). The maximum Gasteiger partial charge on any atom is 0.251 e. The van der Waals surface area contributed by atoms with Gasteiger partial charge >= 0.3 is 0 Å². The average molecular weight is 346 g/mol. The lowest BCUT2D eigenvalue weighted by molar-refractivity contribution is 0.0953. The molecule has 2 N–H and O–H groups in total. The first-order valence-corrected chi connectivity index (χ1v) is 8.80. The third-order valence-corrected chi connectivity index (χ3v) is 3.95. The van der Waals surface area contributed by atoms with Crippen molar-refractivity contribution in [1.29, 1.82) is 0 Å². The Balaban J connectivity index is 1.67. The number of rotatable bonds is 7. The van der Waals surface area contributed by atoms with E-state index in [4.69, 9.17) is 0 Å². The molecule has 5 heteroatoms. The van der Waals surface area contributed by atoms with E-state index in [0.29, 0.717) is 17.9 Å². The molecule has 0 atom stereocenters.